The molecule has 0 aromatic heterocycles. The topological polar surface area (TPSA) is 55.5 Å². The van der Waals surface area contributed by atoms with Crippen LogP contribution in [0.2, 0.25) is 0 Å². The minimum atomic E-state index is -0.608. The van der Waals surface area contributed by atoms with Gasteiger partial charge in [-0.2, -0.15) is 0 Å². The van der Waals surface area contributed by atoms with E-state index in [1.165, 1.54) is 0 Å². The summed E-state index contributed by atoms with van der Waals surface area (Å²) in [5.74, 6) is 0.838. The fourth-order valence-electron chi connectivity index (χ4n) is 1.62. The molecule has 0 saturated heterocycles. The Kier molecular flexibility index (Phi) is 4.54. The van der Waals surface area contributed by atoms with Crippen molar-refractivity contribution < 1.29 is 9.84 Å². The van der Waals surface area contributed by atoms with Gasteiger partial charge in [-0.3, -0.25) is 0 Å². The third kappa shape index (κ3) is 4.02. The highest BCUT2D eigenvalue weighted by Gasteiger charge is 2.19. The molecule has 1 atom stereocenters. The van der Waals surface area contributed by atoms with Crippen molar-refractivity contribution in [3.63, 3.8) is 0 Å². The average Bonchev–Trinajstić information content (AvgIpc) is 2.24. The molecule has 0 aliphatic heterocycles. The van der Waals surface area contributed by atoms with Crippen LogP contribution in [-0.4, -0.2) is 24.4 Å². The standard InChI is InChI=1S/C14H23NO2/c1-10-5-6-12(14(2,3)4)13(7-10)17-9-11(16)8-15/h5-7,11,16H,8-9,15H2,1-4H3/t11-/m0/s1. The van der Waals surface area contributed by atoms with Crippen molar-refractivity contribution in [1.82, 2.24) is 0 Å². The Bertz CT molecular complexity index is 369. The van der Waals surface area contributed by atoms with Crippen LogP contribution in [0, 0.1) is 6.92 Å². The molecule has 96 valence electrons. The first-order chi connectivity index (χ1) is 7.84. The fraction of sp³-hybridized carbons (Fsp3) is 0.571. The quantitative estimate of drug-likeness (QED) is 0.842. The van der Waals surface area contributed by atoms with E-state index in [1.54, 1.807) is 0 Å². The molecule has 3 N–H and O–H groups in total. The van der Waals surface area contributed by atoms with E-state index in [2.05, 4.69) is 32.9 Å². The van der Waals surface area contributed by atoms with E-state index >= 15 is 0 Å². The largest absolute Gasteiger partial charge is 0.491 e. The van der Waals surface area contributed by atoms with Crippen molar-refractivity contribution >= 4 is 0 Å². The predicted molar refractivity (Wildman–Crippen MR) is 70.4 cm³/mol. The van der Waals surface area contributed by atoms with E-state index in [1.807, 2.05) is 13.0 Å². The zero-order valence-electron chi connectivity index (χ0n) is 11.2. The van der Waals surface area contributed by atoms with Crippen molar-refractivity contribution in [1.29, 1.82) is 0 Å². The lowest BCUT2D eigenvalue weighted by Gasteiger charge is -2.23. The molecule has 0 aliphatic rings. The molecule has 1 aromatic rings. The van der Waals surface area contributed by atoms with Crippen LogP contribution in [0.25, 0.3) is 0 Å². The molecule has 1 aromatic carbocycles. The molecule has 0 spiro atoms. The molecule has 3 heteroatoms. The number of aliphatic hydroxyl groups is 1. The second-order valence-corrected chi connectivity index (χ2v) is 5.45. The van der Waals surface area contributed by atoms with Gasteiger partial charge in [0.1, 0.15) is 18.5 Å². The molecule has 0 saturated carbocycles. The number of benzene rings is 1. The zero-order chi connectivity index (χ0) is 13.1. The molecular weight excluding hydrogens is 214 g/mol. The molecule has 0 aliphatic carbocycles. The smallest absolute Gasteiger partial charge is 0.123 e. The lowest BCUT2D eigenvalue weighted by Crippen LogP contribution is -2.27. The monoisotopic (exact) mass is 237 g/mol. The van der Waals surface area contributed by atoms with E-state index in [4.69, 9.17) is 10.5 Å². The van der Waals surface area contributed by atoms with Crippen LogP contribution in [0.3, 0.4) is 0 Å². The van der Waals surface area contributed by atoms with Crippen LogP contribution in [-0.2, 0) is 5.41 Å². The maximum absolute atomic E-state index is 9.43. The van der Waals surface area contributed by atoms with Gasteiger partial charge >= 0.3 is 0 Å². The third-order valence-electron chi connectivity index (χ3n) is 2.65. The number of hydrogen-bond acceptors (Lipinski definition) is 3. The highest BCUT2D eigenvalue weighted by molar-refractivity contribution is 5.41. The van der Waals surface area contributed by atoms with Crippen LogP contribution >= 0.6 is 0 Å². The van der Waals surface area contributed by atoms with Gasteiger partial charge in [0, 0.05) is 6.54 Å². The Morgan fingerprint density at radius 3 is 2.53 bits per heavy atom. The zero-order valence-corrected chi connectivity index (χ0v) is 11.2. The summed E-state index contributed by atoms with van der Waals surface area (Å²) in [5, 5.41) is 9.43. The maximum Gasteiger partial charge on any atom is 0.123 e. The summed E-state index contributed by atoms with van der Waals surface area (Å²) in [6.07, 6.45) is -0.608. The van der Waals surface area contributed by atoms with Crippen molar-refractivity contribution in [2.45, 2.75) is 39.2 Å². The van der Waals surface area contributed by atoms with Crippen LogP contribution < -0.4 is 10.5 Å². The second-order valence-electron chi connectivity index (χ2n) is 5.45. The van der Waals surface area contributed by atoms with E-state index < -0.39 is 6.10 Å². The Hall–Kier alpha value is -1.06. The van der Waals surface area contributed by atoms with Crippen LogP contribution in [0.4, 0.5) is 0 Å². The van der Waals surface area contributed by atoms with Gasteiger partial charge in [0.25, 0.3) is 0 Å². The molecule has 0 bridgehead atoms. The predicted octanol–water partition coefficient (Wildman–Crippen LogP) is 1.99. The summed E-state index contributed by atoms with van der Waals surface area (Å²) >= 11 is 0. The first kappa shape index (κ1) is 14.0. The molecular formula is C14H23NO2. The van der Waals surface area contributed by atoms with Crippen molar-refractivity contribution in [2.75, 3.05) is 13.2 Å². The molecule has 0 heterocycles. The highest BCUT2D eigenvalue weighted by Crippen LogP contribution is 2.32. The van der Waals surface area contributed by atoms with Crippen molar-refractivity contribution in [2.24, 2.45) is 5.73 Å². The van der Waals surface area contributed by atoms with E-state index in [9.17, 15) is 5.11 Å². The average molecular weight is 237 g/mol. The lowest BCUT2D eigenvalue weighted by atomic mass is 9.86. The van der Waals surface area contributed by atoms with E-state index in [0.29, 0.717) is 0 Å². The Morgan fingerprint density at radius 1 is 1.35 bits per heavy atom. The molecule has 0 fully saturated rings. The summed E-state index contributed by atoms with van der Waals surface area (Å²) in [4.78, 5) is 0. The van der Waals surface area contributed by atoms with Crippen molar-refractivity contribution in [3.05, 3.63) is 29.3 Å². The first-order valence-electron chi connectivity index (χ1n) is 5.96. The van der Waals surface area contributed by atoms with Gasteiger partial charge in [-0.1, -0.05) is 32.9 Å². The third-order valence-corrected chi connectivity index (χ3v) is 2.65. The Balaban J connectivity index is 2.92. The van der Waals surface area contributed by atoms with Gasteiger partial charge in [0.2, 0.25) is 0 Å². The maximum atomic E-state index is 9.43. The second kappa shape index (κ2) is 5.52. The van der Waals surface area contributed by atoms with Crippen LogP contribution in [0.15, 0.2) is 18.2 Å². The fourth-order valence-corrected chi connectivity index (χ4v) is 1.62. The van der Waals surface area contributed by atoms with Crippen LogP contribution in [0.5, 0.6) is 5.75 Å². The molecule has 17 heavy (non-hydrogen) atoms. The number of nitrogens with two attached hydrogens (primary N) is 1. The molecule has 1 rings (SSSR count). The number of aliphatic hydroxyl groups excluding tert-OH is 1. The number of aryl methyl sites for hydroxylation is 1. The Morgan fingerprint density at radius 2 is 2.00 bits per heavy atom. The SMILES string of the molecule is Cc1ccc(C(C)(C)C)c(OC[C@@H](O)CN)c1. The highest BCUT2D eigenvalue weighted by atomic mass is 16.5. The summed E-state index contributed by atoms with van der Waals surface area (Å²) in [7, 11) is 0. The minimum absolute atomic E-state index is 0.0245. The number of ether oxygens (including phenoxy) is 1. The van der Waals surface area contributed by atoms with Gasteiger partial charge in [0.15, 0.2) is 0 Å². The number of hydrogen-bond donors (Lipinski definition) is 2. The minimum Gasteiger partial charge on any atom is -0.491 e. The molecule has 0 amide bonds. The van der Waals surface area contributed by atoms with Gasteiger partial charge in [-0.15, -0.1) is 0 Å². The van der Waals surface area contributed by atoms with Gasteiger partial charge in [0.05, 0.1) is 0 Å². The lowest BCUT2D eigenvalue weighted by molar-refractivity contribution is 0.113. The van der Waals surface area contributed by atoms with Crippen molar-refractivity contribution in [3.8, 4) is 5.75 Å². The van der Waals surface area contributed by atoms with Gasteiger partial charge < -0.3 is 15.6 Å². The molecule has 0 radical (unpaired) electrons. The molecule has 0 unspecified atom stereocenters. The number of rotatable bonds is 4. The first-order valence-corrected chi connectivity index (χ1v) is 5.96. The summed E-state index contributed by atoms with van der Waals surface area (Å²) in [6, 6.07) is 6.16. The van der Waals surface area contributed by atoms with Gasteiger partial charge in [-0.05, 0) is 29.5 Å². The summed E-state index contributed by atoms with van der Waals surface area (Å²) < 4.78 is 5.67. The van der Waals surface area contributed by atoms with Crippen LogP contribution in [0.1, 0.15) is 31.9 Å². The summed E-state index contributed by atoms with van der Waals surface area (Å²) in [5.41, 5.74) is 7.68. The Labute approximate surface area is 104 Å². The van der Waals surface area contributed by atoms with E-state index in [-0.39, 0.29) is 18.6 Å². The van der Waals surface area contributed by atoms with E-state index in [0.717, 1.165) is 16.9 Å². The normalized spacial score (nSPS) is 13.5. The molecule has 3 nitrogen and oxygen atoms in total. The summed E-state index contributed by atoms with van der Waals surface area (Å²) in [6.45, 7) is 8.91. The van der Waals surface area contributed by atoms with Gasteiger partial charge in [-0.25, -0.2) is 0 Å².